The van der Waals surface area contributed by atoms with Crippen molar-refractivity contribution in [2.45, 2.75) is 10.9 Å². The van der Waals surface area contributed by atoms with E-state index in [0.717, 1.165) is 16.5 Å². The van der Waals surface area contributed by atoms with Crippen molar-refractivity contribution in [3.63, 3.8) is 0 Å². The molecule has 0 bridgehead atoms. The number of hydrogen-bond acceptors (Lipinski definition) is 4. The molecule has 0 unspecified atom stereocenters. The van der Waals surface area contributed by atoms with Gasteiger partial charge in [-0.05, 0) is 23.8 Å². The van der Waals surface area contributed by atoms with E-state index in [1.807, 2.05) is 29.8 Å². The van der Waals surface area contributed by atoms with E-state index in [1.54, 1.807) is 24.5 Å². The lowest BCUT2D eigenvalue weighted by Crippen LogP contribution is -1.95. The lowest BCUT2D eigenvalue weighted by molar-refractivity contribution is 0.617. The molecule has 0 aliphatic rings. The Morgan fingerprint density at radius 3 is 2.76 bits per heavy atom. The molecule has 2 aromatic heterocycles. The summed E-state index contributed by atoms with van der Waals surface area (Å²) in [5.41, 5.74) is 1.57. The average Bonchev–Trinajstić information content (AvgIpc) is 2.88. The topological polar surface area (TPSA) is 43.6 Å². The summed E-state index contributed by atoms with van der Waals surface area (Å²) in [6.07, 6.45) is 3.46. The Kier molecular flexibility index (Phi) is 3.96. The SMILES string of the molecule is Cn1c(SCc2ccccc2F)nnc1-c1cccnc1. The third kappa shape index (κ3) is 2.95. The van der Waals surface area contributed by atoms with Crippen LogP contribution in [0.1, 0.15) is 5.56 Å². The van der Waals surface area contributed by atoms with E-state index in [9.17, 15) is 4.39 Å². The van der Waals surface area contributed by atoms with Crippen LogP contribution in [0.3, 0.4) is 0 Å². The standard InChI is InChI=1S/C15H13FN4S/c1-20-14(11-6-4-8-17-9-11)18-19-15(20)21-10-12-5-2-3-7-13(12)16/h2-9H,10H2,1H3. The number of thioether (sulfide) groups is 1. The molecule has 21 heavy (non-hydrogen) atoms. The van der Waals surface area contributed by atoms with Crippen LogP contribution < -0.4 is 0 Å². The molecule has 0 N–H and O–H groups in total. The van der Waals surface area contributed by atoms with Gasteiger partial charge in [0.05, 0.1) is 0 Å². The van der Waals surface area contributed by atoms with Gasteiger partial charge in [0.15, 0.2) is 11.0 Å². The van der Waals surface area contributed by atoms with Crippen LogP contribution in [0.4, 0.5) is 4.39 Å². The smallest absolute Gasteiger partial charge is 0.191 e. The van der Waals surface area contributed by atoms with Crippen molar-refractivity contribution in [3.8, 4) is 11.4 Å². The van der Waals surface area contributed by atoms with Crippen LogP contribution in [0.25, 0.3) is 11.4 Å². The first-order chi connectivity index (χ1) is 10.3. The molecule has 0 radical (unpaired) electrons. The van der Waals surface area contributed by atoms with Gasteiger partial charge in [-0.3, -0.25) is 4.98 Å². The Balaban J connectivity index is 1.79. The molecule has 106 valence electrons. The molecule has 0 amide bonds. The number of pyridine rings is 1. The minimum Gasteiger partial charge on any atom is -0.305 e. The molecule has 6 heteroatoms. The molecule has 3 aromatic rings. The Labute approximate surface area is 126 Å². The molecule has 3 rings (SSSR count). The van der Waals surface area contributed by atoms with Gasteiger partial charge in [0.25, 0.3) is 0 Å². The van der Waals surface area contributed by atoms with Crippen molar-refractivity contribution >= 4 is 11.8 Å². The highest BCUT2D eigenvalue weighted by Gasteiger charge is 2.12. The highest BCUT2D eigenvalue weighted by Crippen LogP contribution is 2.25. The second kappa shape index (κ2) is 6.05. The molecular weight excluding hydrogens is 287 g/mol. The summed E-state index contributed by atoms with van der Waals surface area (Å²) in [6, 6.07) is 10.6. The van der Waals surface area contributed by atoms with Crippen molar-refractivity contribution in [2.24, 2.45) is 7.05 Å². The first-order valence-corrected chi connectivity index (χ1v) is 7.40. The summed E-state index contributed by atoms with van der Waals surface area (Å²) >= 11 is 1.46. The van der Waals surface area contributed by atoms with Crippen LogP contribution in [0.2, 0.25) is 0 Å². The van der Waals surface area contributed by atoms with E-state index in [-0.39, 0.29) is 5.82 Å². The van der Waals surface area contributed by atoms with E-state index in [4.69, 9.17) is 0 Å². The number of aromatic nitrogens is 4. The van der Waals surface area contributed by atoms with E-state index < -0.39 is 0 Å². The summed E-state index contributed by atoms with van der Waals surface area (Å²) in [6.45, 7) is 0. The molecule has 2 heterocycles. The maximum atomic E-state index is 13.6. The fraction of sp³-hybridized carbons (Fsp3) is 0.133. The first-order valence-electron chi connectivity index (χ1n) is 6.41. The summed E-state index contributed by atoms with van der Waals surface area (Å²) in [7, 11) is 1.89. The second-order valence-corrected chi connectivity index (χ2v) is 5.43. The fourth-order valence-electron chi connectivity index (χ4n) is 1.94. The van der Waals surface area contributed by atoms with Crippen molar-refractivity contribution < 1.29 is 4.39 Å². The van der Waals surface area contributed by atoms with Gasteiger partial charge in [0.1, 0.15) is 5.82 Å². The van der Waals surface area contributed by atoms with Crippen LogP contribution in [0.15, 0.2) is 53.9 Å². The van der Waals surface area contributed by atoms with Gasteiger partial charge in [-0.15, -0.1) is 10.2 Å². The van der Waals surface area contributed by atoms with Crippen LogP contribution >= 0.6 is 11.8 Å². The molecule has 0 saturated carbocycles. The molecule has 0 spiro atoms. The highest BCUT2D eigenvalue weighted by molar-refractivity contribution is 7.98. The predicted molar refractivity (Wildman–Crippen MR) is 80.2 cm³/mol. The number of rotatable bonds is 4. The zero-order valence-electron chi connectivity index (χ0n) is 11.4. The van der Waals surface area contributed by atoms with Gasteiger partial charge in [0, 0.05) is 30.8 Å². The van der Waals surface area contributed by atoms with E-state index >= 15 is 0 Å². The number of hydrogen-bond donors (Lipinski definition) is 0. The van der Waals surface area contributed by atoms with E-state index in [0.29, 0.717) is 11.3 Å². The minimum atomic E-state index is -0.195. The number of halogens is 1. The molecular formula is C15H13FN4S. The summed E-state index contributed by atoms with van der Waals surface area (Å²) in [5, 5.41) is 9.09. The molecule has 4 nitrogen and oxygen atoms in total. The average molecular weight is 300 g/mol. The third-order valence-electron chi connectivity index (χ3n) is 3.07. The quantitative estimate of drug-likeness (QED) is 0.693. The zero-order chi connectivity index (χ0) is 14.7. The molecule has 0 aliphatic heterocycles. The monoisotopic (exact) mass is 300 g/mol. The second-order valence-electron chi connectivity index (χ2n) is 4.49. The Morgan fingerprint density at radius 1 is 1.14 bits per heavy atom. The fourth-order valence-corrected chi connectivity index (χ4v) is 2.84. The minimum absolute atomic E-state index is 0.195. The van der Waals surface area contributed by atoms with E-state index in [2.05, 4.69) is 15.2 Å². The molecule has 0 atom stereocenters. The summed E-state index contributed by atoms with van der Waals surface area (Å²) in [5.74, 6) is 1.07. The van der Waals surface area contributed by atoms with Crippen molar-refractivity contribution in [1.82, 2.24) is 19.7 Å². The lowest BCUT2D eigenvalue weighted by Gasteiger charge is -2.04. The van der Waals surface area contributed by atoms with Gasteiger partial charge in [0.2, 0.25) is 0 Å². The van der Waals surface area contributed by atoms with Gasteiger partial charge < -0.3 is 4.57 Å². The van der Waals surface area contributed by atoms with Gasteiger partial charge in [-0.25, -0.2) is 4.39 Å². The summed E-state index contributed by atoms with van der Waals surface area (Å²) < 4.78 is 15.5. The molecule has 0 fully saturated rings. The Morgan fingerprint density at radius 2 is 2.00 bits per heavy atom. The molecule has 0 aliphatic carbocycles. The Hall–Kier alpha value is -2.21. The van der Waals surface area contributed by atoms with Crippen LogP contribution in [-0.2, 0) is 12.8 Å². The van der Waals surface area contributed by atoms with Crippen LogP contribution in [0.5, 0.6) is 0 Å². The van der Waals surface area contributed by atoms with Crippen LogP contribution in [-0.4, -0.2) is 19.7 Å². The highest BCUT2D eigenvalue weighted by atomic mass is 32.2. The molecule has 1 aromatic carbocycles. The largest absolute Gasteiger partial charge is 0.305 e. The maximum absolute atomic E-state index is 13.6. The maximum Gasteiger partial charge on any atom is 0.191 e. The van der Waals surface area contributed by atoms with Gasteiger partial charge in [-0.1, -0.05) is 30.0 Å². The van der Waals surface area contributed by atoms with Gasteiger partial charge >= 0.3 is 0 Å². The van der Waals surface area contributed by atoms with E-state index in [1.165, 1.54) is 17.8 Å². The molecule has 0 saturated heterocycles. The number of nitrogens with zero attached hydrogens (tertiary/aromatic N) is 4. The Bertz CT molecular complexity index is 742. The van der Waals surface area contributed by atoms with Crippen LogP contribution in [0, 0.1) is 5.82 Å². The first kappa shape index (κ1) is 13.8. The lowest BCUT2D eigenvalue weighted by atomic mass is 10.2. The van der Waals surface area contributed by atoms with Crippen molar-refractivity contribution in [2.75, 3.05) is 0 Å². The summed E-state index contributed by atoms with van der Waals surface area (Å²) in [4.78, 5) is 4.08. The predicted octanol–water partition coefficient (Wildman–Crippen LogP) is 3.31. The van der Waals surface area contributed by atoms with Gasteiger partial charge in [-0.2, -0.15) is 0 Å². The number of benzene rings is 1. The zero-order valence-corrected chi connectivity index (χ0v) is 12.2. The van der Waals surface area contributed by atoms with Crippen molar-refractivity contribution in [3.05, 3.63) is 60.2 Å². The third-order valence-corrected chi connectivity index (χ3v) is 4.14. The van der Waals surface area contributed by atoms with Crippen molar-refractivity contribution in [1.29, 1.82) is 0 Å². The normalized spacial score (nSPS) is 10.8.